The predicted octanol–water partition coefficient (Wildman–Crippen LogP) is 4.38. The standard InChI is InChI=1S/C19H14IN3O2/c1-12(24)23-10-16-5-4-15(19-22-21-11-25-19)8-13(16)2-3-14-9-17(20)6-7-18(14)23/h2-9,11H,10H2,1H3/b3-2-. The summed E-state index contributed by atoms with van der Waals surface area (Å²) in [5, 5.41) is 7.69. The molecule has 2 aromatic carbocycles. The van der Waals surface area contributed by atoms with Crippen molar-refractivity contribution in [3.63, 3.8) is 0 Å². The highest BCUT2D eigenvalue weighted by Crippen LogP contribution is 2.31. The summed E-state index contributed by atoms with van der Waals surface area (Å²) < 4.78 is 6.42. The molecule has 1 aliphatic rings. The molecule has 0 saturated heterocycles. The van der Waals surface area contributed by atoms with Crippen LogP contribution in [0.25, 0.3) is 23.6 Å². The van der Waals surface area contributed by atoms with Gasteiger partial charge >= 0.3 is 0 Å². The first-order valence-electron chi connectivity index (χ1n) is 7.77. The number of rotatable bonds is 1. The molecule has 3 aromatic rings. The maximum absolute atomic E-state index is 12.2. The summed E-state index contributed by atoms with van der Waals surface area (Å²) in [5.74, 6) is 0.501. The Balaban J connectivity index is 1.86. The Morgan fingerprint density at radius 3 is 2.76 bits per heavy atom. The zero-order chi connectivity index (χ0) is 17.4. The molecule has 4 rings (SSSR count). The molecule has 5 nitrogen and oxygen atoms in total. The van der Waals surface area contributed by atoms with Crippen LogP contribution in [0.1, 0.15) is 23.6 Å². The van der Waals surface area contributed by atoms with E-state index in [2.05, 4.69) is 44.9 Å². The molecule has 25 heavy (non-hydrogen) atoms. The molecular formula is C19H14IN3O2. The van der Waals surface area contributed by atoms with Crippen molar-refractivity contribution in [3.05, 3.63) is 63.1 Å². The lowest BCUT2D eigenvalue weighted by atomic mass is 9.99. The summed E-state index contributed by atoms with van der Waals surface area (Å²) in [6, 6.07) is 12.1. The minimum atomic E-state index is 0.0182. The Hall–Kier alpha value is -2.48. The summed E-state index contributed by atoms with van der Waals surface area (Å²) in [6.07, 6.45) is 5.43. The van der Waals surface area contributed by atoms with E-state index in [0.29, 0.717) is 12.4 Å². The maximum Gasteiger partial charge on any atom is 0.247 e. The van der Waals surface area contributed by atoms with E-state index >= 15 is 0 Å². The van der Waals surface area contributed by atoms with Gasteiger partial charge in [-0.2, -0.15) is 0 Å². The Labute approximate surface area is 158 Å². The maximum atomic E-state index is 12.2. The van der Waals surface area contributed by atoms with Crippen LogP contribution in [-0.4, -0.2) is 16.1 Å². The number of carbonyl (C=O) groups excluding carboxylic acids is 1. The van der Waals surface area contributed by atoms with Gasteiger partial charge in [0.1, 0.15) is 0 Å². The Morgan fingerprint density at radius 1 is 1.16 bits per heavy atom. The number of carbonyl (C=O) groups is 1. The third kappa shape index (κ3) is 3.09. The van der Waals surface area contributed by atoms with Gasteiger partial charge in [0.15, 0.2) is 0 Å². The highest BCUT2D eigenvalue weighted by Gasteiger charge is 2.19. The summed E-state index contributed by atoms with van der Waals surface area (Å²) in [7, 11) is 0. The summed E-state index contributed by atoms with van der Waals surface area (Å²) in [4.78, 5) is 14.0. The molecule has 0 saturated carbocycles. The fraction of sp³-hybridized carbons (Fsp3) is 0.105. The molecular weight excluding hydrogens is 429 g/mol. The Kier molecular flexibility index (Phi) is 4.12. The lowest BCUT2D eigenvalue weighted by Gasteiger charge is -2.26. The first-order chi connectivity index (χ1) is 12.1. The summed E-state index contributed by atoms with van der Waals surface area (Å²) >= 11 is 2.28. The Morgan fingerprint density at radius 2 is 2.00 bits per heavy atom. The second-order valence-corrected chi connectivity index (χ2v) is 7.04. The van der Waals surface area contributed by atoms with Crippen LogP contribution in [0.15, 0.2) is 47.2 Å². The van der Waals surface area contributed by atoms with Gasteiger partial charge < -0.3 is 9.32 Å². The normalized spacial score (nSPS) is 14.2. The van der Waals surface area contributed by atoms with Crippen LogP contribution in [0.5, 0.6) is 0 Å². The van der Waals surface area contributed by atoms with Crippen LogP contribution in [0.4, 0.5) is 5.69 Å². The number of halogens is 1. The number of aromatic nitrogens is 2. The average Bonchev–Trinajstić information content (AvgIpc) is 3.11. The second kappa shape index (κ2) is 6.44. The van der Waals surface area contributed by atoms with Gasteiger partial charge in [0, 0.05) is 16.1 Å². The van der Waals surface area contributed by atoms with Crippen molar-refractivity contribution in [3.8, 4) is 11.5 Å². The molecule has 0 atom stereocenters. The van der Waals surface area contributed by atoms with E-state index < -0.39 is 0 Å². The molecule has 6 heteroatoms. The van der Waals surface area contributed by atoms with Crippen molar-refractivity contribution in [1.82, 2.24) is 10.2 Å². The van der Waals surface area contributed by atoms with Crippen LogP contribution in [-0.2, 0) is 11.3 Å². The predicted molar refractivity (Wildman–Crippen MR) is 105 cm³/mol. The van der Waals surface area contributed by atoms with Crippen molar-refractivity contribution in [2.45, 2.75) is 13.5 Å². The van der Waals surface area contributed by atoms with Crippen LogP contribution in [0, 0.1) is 3.57 Å². The Bertz CT molecular complexity index is 980. The number of fused-ring (bicyclic) bond motifs is 2. The fourth-order valence-electron chi connectivity index (χ4n) is 2.95. The molecule has 1 aromatic heterocycles. The quantitative estimate of drug-likeness (QED) is 0.524. The molecule has 0 bridgehead atoms. The van der Waals surface area contributed by atoms with Gasteiger partial charge in [-0.3, -0.25) is 4.79 Å². The zero-order valence-electron chi connectivity index (χ0n) is 13.4. The highest BCUT2D eigenvalue weighted by atomic mass is 127. The number of amides is 1. The van der Waals surface area contributed by atoms with Crippen molar-refractivity contribution in [2.75, 3.05) is 4.90 Å². The van der Waals surface area contributed by atoms with E-state index in [1.54, 1.807) is 11.8 Å². The van der Waals surface area contributed by atoms with Crippen LogP contribution < -0.4 is 4.90 Å². The van der Waals surface area contributed by atoms with Crippen molar-refractivity contribution in [2.24, 2.45) is 0 Å². The van der Waals surface area contributed by atoms with Crippen LogP contribution in [0.3, 0.4) is 0 Å². The lowest BCUT2D eigenvalue weighted by Crippen LogP contribution is -2.29. The van der Waals surface area contributed by atoms with Gasteiger partial charge in [0.25, 0.3) is 0 Å². The van der Waals surface area contributed by atoms with Crippen LogP contribution in [0.2, 0.25) is 0 Å². The lowest BCUT2D eigenvalue weighted by molar-refractivity contribution is -0.116. The molecule has 0 N–H and O–H groups in total. The summed E-state index contributed by atoms with van der Waals surface area (Å²) in [6.45, 7) is 2.12. The third-order valence-electron chi connectivity index (χ3n) is 4.18. The van der Waals surface area contributed by atoms with Crippen LogP contribution >= 0.6 is 22.6 Å². The summed E-state index contributed by atoms with van der Waals surface area (Å²) in [5.41, 5.74) is 4.91. The number of benzene rings is 2. The van der Waals surface area contributed by atoms with Crippen molar-refractivity contribution in [1.29, 1.82) is 0 Å². The molecule has 2 heterocycles. The van der Waals surface area contributed by atoms with E-state index in [1.165, 1.54) is 6.39 Å². The van der Waals surface area contributed by atoms with E-state index in [4.69, 9.17) is 4.42 Å². The molecule has 1 aliphatic heterocycles. The second-order valence-electron chi connectivity index (χ2n) is 5.80. The third-order valence-corrected chi connectivity index (χ3v) is 4.86. The van der Waals surface area contributed by atoms with E-state index in [0.717, 1.165) is 31.5 Å². The van der Waals surface area contributed by atoms with Gasteiger partial charge in [-0.1, -0.05) is 18.2 Å². The number of anilines is 1. The topological polar surface area (TPSA) is 59.2 Å². The van der Waals surface area contributed by atoms with Crippen molar-refractivity contribution < 1.29 is 9.21 Å². The number of hydrogen-bond acceptors (Lipinski definition) is 4. The molecule has 0 spiro atoms. The molecule has 0 unspecified atom stereocenters. The van der Waals surface area contributed by atoms with Gasteiger partial charge in [0.05, 0.1) is 12.2 Å². The smallest absolute Gasteiger partial charge is 0.247 e. The molecule has 0 radical (unpaired) electrons. The molecule has 0 fully saturated rings. The molecule has 1 amide bonds. The minimum absolute atomic E-state index is 0.0182. The van der Waals surface area contributed by atoms with E-state index in [9.17, 15) is 4.79 Å². The average molecular weight is 443 g/mol. The highest BCUT2D eigenvalue weighted by molar-refractivity contribution is 14.1. The molecule has 0 aliphatic carbocycles. The number of nitrogens with zero attached hydrogens (tertiary/aromatic N) is 3. The van der Waals surface area contributed by atoms with Crippen molar-refractivity contribution >= 4 is 46.3 Å². The monoisotopic (exact) mass is 443 g/mol. The first-order valence-corrected chi connectivity index (χ1v) is 8.85. The van der Waals surface area contributed by atoms with Gasteiger partial charge in [-0.15, -0.1) is 10.2 Å². The SMILES string of the molecule is CC(=O)N1Cc2ccc(-c3nnco3)cc2/C=C\c2cc(I)ccc21. The minimum Gasteiger partial charge on any atom is -0.423 e. The fourth-order valence-corrected chi connectivity index (χ4v) is 3.46. The van der Waals surface area contributed by atoms with Gasteiger partial charge in [0.2, 0.25) is 18.2 Å². The van der Waals surface area contributed by atoms with Gasteiger partial charge in [-0.25, -0.2) is 0 Å². The van der Waals surface area contributed by atoms with E-state index in [-0.39, 0.29) is 5.91 Å². The van der Waals surface area contributed by atoms with E-state index in [1.807, 2.05) is 36.4 Å². The van der Waals surface area contributed by atoms with Gasteiger partial charge in [-0.05, 0) is 69.6 Å². The first kappa shape index (κ1) is 16.0. The zero-order valence-corrected chi connectivity index (χ0v) is 15.6. The number of hydrogen-bond donors (Lipinski definition) is 0. The molecule has 124 valence electrons. The largest absolute Gasteiger partial charge is 0.423 e.